The van der Waals surface area contributed by atoms with E-state index < -0.39 is 0 Å². The Morgan fingerprint density at radius 3 is 2.54 bits per heavy atom. The first-order valence-electron chi connectivity index (χ1n) is 9.10. The summed E-state index contributed by atoms with van der Waals surface area (Å²) in [5.41, 5.74) is 2.64. The molecule has 1 fully saturated rings. The molecule has 1 aliphatic carbocycles. The minimum absolute atomic E-state index is 0.207. The van der Waals surface area contributed by atoms with Gasteiger partial charge in [0, 0.05) is 31.0 Å². The quantitative estimate of drug-likeness (QED) is 0.832. The smallest absolute Gasteiger partial charge is 0.170 e. The van der Waals surface area contributed by atoms with Crippen LogP contribution in [0.25, 0.3) is 0 Å². The molecule has 2 aromatic rings. The summed E-state index contributed by atoms with van der Waals surface area (Å²) in [6.45, 7) is 1.96. The third-order valence-corrected chi connectivity index (χ3v) is 5.70. The molecule has 3 nitrogen and oxygen atoms in total. The summed E-state index contributed by atoms with van der Waals surface area (Å²) in [5, 5.41) is 4.58. The van der Waals surface area contributed by atoms with Crippen LogP contribution in [0.2, 0.25) is 0 Å². The minimum Gasteiger partial charge on any atom is -0.360 e. The van der Waals surface area contributed by atoms with Gasteiger partial charge in [-0.15, -0.1) is 0 Å². The molecule has 1 saturated carbocycles. The fraction of sp³-hybridized carbons (Fsp3) is 0.450. The first-order valence-corrected chi connectivity index (χ1v) is 9.51. The van der Waals surface area contributed by atoms with Crippen LogP contribution in [0.3, 0.4) is 0 Å². The van der Waals surface area contributed by atoms with Crippen LogP contribution < -0.4 is 5.32 Å². The fourth-order valence-corrected chi connectivity index (χ4v) is 4.46. The van der Waals surface area contributed by atoms with Crippen molar-refractivity contribution in [1.82, 2.24) is 14.8 Å². The van der Waals surface area contributed by atoms with Crippen molar-refractivity contribution in [2.75, 3.05) is 6.54 Å². The maximum absolute atomic E-state index is 5.84. The number of aromatic nitrogens is 1. The lowest BCUT2D eigenvalue weighted by molar-refractivity contribution is 0.278. The van der Waals surface area contributed by atoms with E-state index in [9.17, 15) is 0 Å². The molecule has 4 rings (SSSR count). The molecule has 0 spiro atoms. The predicted molar refractivity (Wildman–Crippen MR) is 102 cm³/mol. The number of benzene rings is 1. The maximum Gasteiger partial charge on any atom is 0.170 e. The SMILES string of the molecule is S=C(NC1CCCCC1)N1CCn2cccc2C1c1ccccc1. The maximum atomic E-state index is 5.84. The topological polar surface area (TPSA) is 20.2 Å². The molecule has 1 aromatic heterocycles. The van der Waals surface area contributed by atoms with Crippen LogP contribution in [0, 0.1) is 0 Å². The molecule has 1 N–H and O–H groups in total. The first kappa shape index (κ1) is 15.7. The number of rotatable bonds is 2. The van der Waals surface area contributed by atoms with Gasteiger partial charge in [0.2, 0.25) is 0 Å². The third kappa shape index (κ3) is 3.07. The Morgan fingerprint density at radius 2 is 1.75 bits per heavy atom. The molecule has 0 amide bonds. The lowest BCUT2D eigenvalue weighted by Crippen LogP contribution is -2.50. The standard InChI is InChI=1S/C20H25N3S/c24-20(21-17-10-5-2-6-11-17)23-15-14-22-13-7-12-18(22)19(23)16-8-3-1-4-9-16/h1,3-4,7-9,12-13,17,19H,2,5-6,10-11,14-15H2,(H,21,24). The highest BCUT2D eigenvalue weighted by Crippen LogP contribution is 2.32. The number of fused-ring (bicyclic) bond motifs is 1. The molecule has 0 saturated heterocycles. The van der Waals surface area contributed by atoms with Gasteiger partial charge in [0.25, 0.3) is 0 Å². The Balaban J connectivity index is 1.60. The van der Waals surface area contributed by atoms with Gasteiger partial charge in [-0.2, -0.15) is 0 Å². The van der Waals surface area contributed by atoms with E-state index in [0.29, 0.717) is 6.04 Å². The van der Waals surface area contributed by atoms with E-state index in [1.807, 2.05) is 0 Å². The average Bonchev–Trinajstić information content (AvgIpc) is 3.11. The van der Waals surface area contributed by atoms with Crippen molar-refractivity contribution in [1.29, 1.82) is 0 Å². The summed E-state index contributed by atoms with van der Waals surface area (Å²) < 4.78 is 2.36. The van der Waals surface area contributed by atoms with E-state index in [0.717, 1.165) is 18.2 Å². The molecule has 2 heterocycles. The van der Waals surface area contributed by atoms with Crippen molar-refractivity contribution in [3.8, 4) is 0 Å². The van der Waals surface area contributed by atoms with Gasteiger partial charge in [0.1, 0.15) is 0 Å². The van der Waals surface area contributed by atoms with Gasteiger partial charge in [-0.1, -0.05) is 49.6 Å². The summed E-state index contributed by atoms with van der Waals surface area (Å²) >= 11 is 5.84. The number of hydrogen-bond acceptors (Lipinski definition) is 1. The van der Waals surface area contributed by atoms with Crippen molar-refractivity contribution >= 4 is 17.3 Å². The van der Waals surface area contributed by atoms with Crippen molar-refractivity contribution in [2.45, 2.75) is 50.7 Å². The van der Waals surface area contributed by atoms with Gasteiger partial charge >= 0.3 is 0 Å². The molecule has 1 atom stereocenters. The number of nitrogens with one attached hydrogen (secondary N) is 1. The van der Waals surface area contributed by atoms with E-state index in [1.165, 1.54) is 43.4 Å². The van der Waals surface area contributed by atoms with Crippen molar-refractivity contribution in [2.24, 2.45) is 0 Å². The van der Waals surface area contributed by atoms with E-state index in [4.69, 9.17) is 12.2 Å². The van der Waals surface area contributed by atoms with Crippen molar-refractivity contribution in [3.63, 3.8) is 0 Å². The second-order valence-electron chi connectivity index (χ2n) is 6.92. The van der Waals surface area contributed by atoms with Crippen LogP contribution in [-0.2, 0) is 6.54 Å². The largest absolute Gasteiger partial charge is 0.360 e. The van der Waals surface area contributed by atoms with E-state index >= 15 is 0 Å². The number of nitrogens with zero attached hydrogens (tertiary/aromatic N) is 2. The van der Waals surface area contributed by atoms with Crippen LogP contribution in [0.1, 0.15) is 49.4 Å². The molecule has 24 heavy (non-hydrogen) atoms. The summed E-state index contributed by atoms with van der Waals surface area (Å²) in [7, 11) is 0. The fourth-order valence-electron chi connectivity index (χ4n) is 4.09. The Hall–Kier alpha value is -1.81. The molecule has 2 aliphatic rings. The van der Waals surface area contributed by atoms with Gasteiger partial charge in [-0.3, -0.25) is 0 Å². The van der Waals surface area contributed by atoms with E-state index in [-0.39, 0.29) is 6.04 Å². The molecule has 0 bridgehead atoms. The van der Waals surface area contributed by atoms with Crippen LogP contribution in [0.4, 0.5) is 0 Å². The third-order valence-electron chi connectivity index (χ3n) is 5.35. The Kier molecular flexibility index (Phi) is 4.56. The van der Waals surface area contributed by atoms with Gasteiger partial charge in [0.05, 0.1) is 6.04 Å². The molecular weight excluding hydrogens is 314 g/mol. The lowest BCUT2D eigenvalue weighted by Gasteiger charge is -2.40. The van der Waals surface area contributed by atoms with Crippen molar-refractivity contribution in [3.05, 3.63) is 59.9 Å². The monoisotopic (exact) mass is 339 g/mol. The van der Waals surface area contributed by atoms with Crippen LogP contribution in [-0.4, -0.2) is 27.2 Å². The lowest BCUT2D eigenvalue weighted by atomic mass is 9.95. The summed E-state index contributed by atoms with van der Waals surface area (Å²) in [4.78, 5) is 2.38. The summed E-state index contributed by atoms with van der Waals surface area (Å²) in [6, 6.07) is 15.9. The highest BCUT2D eigenvalue weighted by atomic mass is 32.1. The van der Waals surface area contributed by atoms with E-state index in [1.54, 1.807) is 0 Å². The van der Waals surface area contributed by atoms with Gasteiger partial charge in [0.15, 0.2) is 5.11 Å². The zero-order chi connectivity index (χ0) is 16.4. The highest BCUT2D eigenvalue weighted by molar-refractivity contribution is 7.80. The molecule has 1 aliphatic heterocycles. The van der Waals surface area contributed by atoms with Crippen molar-refractivity contribution < 1.29 is 0 Å². The minimum atomic E-state index is 0.207. The number of hydrogen-bond donors (Lipinski definition) is 1. The van der Waals surface area contributed by atoms with E-state index in [2.05, 4.69) is 63.4 Å². The normalized spacial score (nSPS) is 21.3. The predicted octanol–water partition coefficient (Wildman–Crippen LogP) is 4.10. The molecule has 1 unspecified atom stereocenters. The molecule has 126 valence electrons. The molecular formula is C20H25N3S. The first-order chi connectivity index (χ1) is 11.8. The zero-order valence-corrected chi connectivity index (χ0v) is 14.8. The molecule has 4 heteroatoms. The van der Waals surface area contributed by atoms with Gasteiger partial charge in [-0.05, 0) is 42.8 Å². The summed E-state index contributed by atoms with van der Waals surface area (Å²) in [6.07, 6.45) is 8.70. The average molecular weight is 340 g/mol. The Labute approximate surface area is 149 Å². The number of thiocarbonyl (C=S) groups is 1. The summed E-state index contributed by atoms with van der Waals surface area (Å²) in [5.74, 6) is 0. The van der Waals surface area contributed by atoms with Crippen LogP contribution in [0.5, 0.6) is 0 Å². The van der Waals surface area contributed by atoms with Gasteiger partial charge in [-0.25, -0.2) is 0 Å². The van der Waals surface area contributed by atoms with Gasteiger partial charge < -0.3 is 14.8 Å². The second kappa shape index (κ2) is 6.98. The van der Waals surface area contributed by atoms with Crippen LogP contribution >= 0.6 is 12.2 Å². The highest BCUT2D eigenvalue weighted by Gasteiger charge is 2.31. The molecule has 0 radical (unpaired) electrons. The molecule has 1 aromatic carbocycles. The Morgan fingerprint density at radius 1 is 0.958 bits per heavy atom. The Bertz CT molecular complexity index is 688. The zero-order valence-electron chi connectivity index (χ0n) is 14.0. The van der Waals surface area contributed by atoms with Crippen LogP contribution in [0.15, 0.2) is 48.7 Å². The second-order valence-corrected chi connectivity index (χ2v) is 7.30.